The van der Waals surface area contributed by atoms with Gasteiger partial charge >= 0.3 is 0 Å². The molecule has 0 bridgehead atoms. The third-order valence-electron chi connectivity index (χ3n) is 2.28. The highest BCUT2D eigenvalue weighted by molar-refractivity contribution is 4.72. The molecule has 0 aromatic carbocycles. The molecule has 68 valence electrons. The van der Waals surface area contributed by atoms with Gasteiger partial charge in [0.05, 0.1) is 0 Å². The molecule has 2 atom stereocenters. The predicted molar refractivity (Wildman–Crippen MR) is 51.4 cm³/mol. The molecule has 11 heavy (non-hydrogen) atoms. The van der Waals surface area contributed by atoms with Crippen LogP contribution in [0.1, 0.15) is 41.0 Å². The molecule has 0 rings (SSSR count). The van der Waals surface area contributed by atoms with Gasteiger partial charge in [0.1, 0.15) is 0 Å². The maximum Gasteiger partial charge on any atom is 0.00413 e. The van der Waals surface area contributed by atoms with Crippen molar-refractivity contribution >= 4 is 0 Å². The molecule has 0 amide bonds. The summed E-state index contributed by atoms with van der Waals surface area (Å²) in [5.74, 6) is 2.18. The van der Waals surface area contributed by atoms with Crippen LogP contribution in [0.3, 0.4) is 0 Å². The van der Waals surface area contributed by atoms with E-state index in [0.29, 0.717) is 12.0 Å². The second kappa shape index (κ2) is 4.76. The molecular formula is C10H23N. The van der Waals surface area contributed by atoms with Crippen LogP contribution < -0.4 is 5.73 Å². The molecule has 0 heterocycles. The first-order chi connectivity index (χ1) is 4.95. The largest absolute Gasteiger partial charge is 0.328 e. The Kier molecular flexibility index (Phi) is 4.74. The van der Waals surface area contributed by atoms with Crippen molar-refractivity contribution in [2.45, 2.75) is 47.1 Å². The molecule has 0 aromatic rings. The van der Waals surface area contributed by atoms with Crippen LogP contribution in [0, 0.1) is 17.8 Å². The molecule has 0 aliphatic carbocycles. The molecule has 0 radical (unpaired) electrons. The summed E-state index contributed by atoms with van der Waals surface area (Å²) in [7, 11) is 0. The summed E-state index contributed by atoms with van der Waals surface area (Å²) < 4.78 is 0. The average Bonchev–Trinajstić information content (AvgIpc) is 1.81. The summed E-state index contributed by atoms with van der Waals surface area (Å²) in [6.07, 6.45) is 1.26. The Balaban J connectivity index is 3.90. The van der Waals surface area contributed by atoms with Gasteiger partial charge in [-0.3, -0.25) is 0 Å². The molecule has 1 heteroatoms. The minimum atomic E-state index is 0.345. The highest BCUT2D eigenvalue weighted by Gasteiger charge is 2.18. The molecule has 0 aliphatic rings. The van der Waals surface area contributed by atoms with Crippen molar-refractivity contribution in [1.82, 2.24) is 0 Å². The molecule has 0 aromatic heterocycles. The van der Waals surface area contributed by atoms with E-state index in [1.54, 1.807) is 0 Å². The van der Waals surface area contributed by atoms with E-state index in [0.717, 1.165) is 11.8 Å². The summed E-state index contributed by atoms with van der Waals surface area (Å²) in [4.78, 5) is 0. The van der Waals surface area contributed by atoms with E-state index in [1.165, 1.54) is 6.42 Å². The lowest BCUT2D eigenvalue weighted by Crippen LogP contribution is -2.31. The summed E-state index contributed by atoms with van der Waals surface area (Å²) in [6.45, 7) is 11.2. The normalized spacial score (nSPS) is 17.5. The maximum absolute atomic E-state index is 5.89. The molecule has 1 nitrogen and oxygen atoms in total. The van der Waals surface area contributed by atoms with E-state index in [4.69, 9.17) is 5.73 Å². The monoisotopic (exact) mass is 157 g/mol. The van der Waals surface area contributed by atoms with E-state index in [-0.39, 0.29) is 0 Å². The number of rotatable bonds is 4. The Hall–Kier alpha value is -0.0400. The van der Waals surface area contributed by atoms with Gasteiger partial charge in [-0.05, 0) is 31.1 Å². The Morgan fingerprint density at radius 1 is 1.00 bits per heavy atom. The second-order valence-electron chi connectivity index (χ2n) is 4.40. The highest BCUT2D eigenvalue weighted by Crippen LogP contribution is 2.22. The van der Waals surface area contributed by atoms with Gasteiger partial charge < -0.3 is 5.73 Å². The Labute approximate surface area is 71.4 Å². The SMILES string of the molecule is CC(C)CC(C(C)C)C(C)N. The van der Waals surface area contributed by atoms with Gasteiger partial charge in [-0.1, -0.05) is 27.7 Å². The van der Waals surface area contributed by atoms with Crippen molar-refractivity contribution in [3.63, 3.8) is 0 Å². The zero-order chi connectivity index (χ0) is 9.02. The second-order valence-corrected chi connectivity index (χ2v) is 4.40. The van der Waals surface area contributed by atoms with Gasteiger partial charge in [0.25, 0.3) is 0 Å². The van der Waals surface area contributed by atoms with Crippen molar-refractivity contribution in [3.8, 4) is 0 Å². The van der Waals surface area contributed by atoms with Crippen LogP contribution >= 0.6 is 0 Å². The average molecular weight is 157 g/mol. The van der Waals surface area contributed by atoms with Gasteiger partial charge in [0.2, 0.25) is 0 Å². The lowest BCUT2D eigenvalue weighted by molar-refractivity contribution is 0.277. The van der Waals surface area contributed by atoms with Crippen molar-refractivity contribution < 1.29 is 0 Å². The molecule has 0 spiro atoms. The summed E-state index contributed by atoms with van der Waals surface area (Å²) in [5, 5.41) is 0. The topological polar surface area (TPSA) is 26.0 Å². The minimum absolute atomic E-state index is 0.345. The minimum Gasteiger partial charge on any atom is -0.328 e. The summed E-state index contributed by atoms with van der Waals surface area (Å²) in [6, 6.07) is 0.345. The Morgan fingerprint density at radius 2 is 1.45 bits per heavy atom. The fourth-order valence-corrected chi connectivity index (χ4v) is 1.64. The van der Waals surface area contributed by atoms with E-state index in [2.05, 4.69) is 34.6 Å². The fourth-order valence-electron chi connectivity index (χ4n) is 1.64. The van der Waals surface area contributed by atoms with E-state index >= 15 is 0 Å². The zero-order valence-corrected chi connectivity index (χ0v) is 8.59. The van der Waals surface area contributed by atoms with E-state index in [9.17, 15) is 0 Å². The van der Waals surface area contributed by atoms with Gasteiger partial charge in [-0.25, -0.2) is 0 Å². The van der Waals surface area contributed by atoms with Crippen LogP contribution in [-0.2, 0) is 0 Å². The summed E-state index contributed by atoms with van der Waals surface area (Å²) >= 11 is 0. The summed E-state index contributed by atoms with van der Waals surface area (Å²) in [5.41, 5.74) is 5.89. The van der Waals surface area contributed by atoms with Crippen molar-refractivity contribution in [2.75, 3.05) is 0 Å². The predicted octanol–water partition coefficient (Wildman–Crippen LogP) is 2.65. The third-order valence-corrected chi connectivity index (χ3v) is 2.28. The van der Waals surface area contributed by atoms with E-state index in [1.807, 2.05) is 0 Å². The number of hydrogen-bond donors (Lipinski definition) is 1. The van der Waals surface area contributed by atoms with Crippen LogP contribution in [0.5, 0.6) is 0 Å². The fraction of sp³-hybridized carbons (Fsp3) is 1.00. The maximum atomic E-state index is 5.89. The molecule has 2 unspecified atom stereocenters. The molecule has 0 aliphatic heterocycles. The number of hydrogen-bond acceptors (Lipinski definition) is 1. The van der Waals surface area contributed by atoms with Crippen molar-refractivity contribution in [1.29, 1.82) is 0 Å². The van der Waals surface area contributed by atoms with Crippen LogP contribution in [0.15, 0.2) is 0 Å². The van der Waals surface area contributed by atoms with E-state index < -0.39 is 0 Å². The number of nitrogens with two attached hydrogens (primary N) is 1. The van der Waals surface area contributed by atoms with Crippen LogP contribution in [0.4, 0.5) is 0 Å². The third kappa shape index (κ3) is 4.41. The Bertz CT molecular complexity index is 87.0. The highest BCUT2D eigenvalue weighted by atomic mass is 14.6. The van der Waals surface area contributed by atoms with Gasteiger partial charge in [-0.2, -0.15) is 0 Å². The first-order valence-electron chi connectivity index (χ1n) is 4.70. The smallest absolute Gasteiger partial charge is 0.00413 e. The van der Waals surface area contributed by atoms with Crippen LogP contribution in [0.2, 0.25) is 0 Å². The van der Waals surface area contributed by atoms with Crippen LogP contribution in [0.25, 0.3) is 0 Å². The molecule has 0 fully saturated rings. The van der Waals surface area contributed by atoms with Gasteiger partial charge in [0, 0.05) is 6.04 Å². The van der Waals surface area contributed by atoms with Gasteiger partial charge in [-0.15, -0.1) is 0 Å². The standard InChI is InChI=1S/C10H23N/c1-7(2)6-10(8(3)4)9(5)11/h7-10H,6,11H2,1-5H3. The van der Waals surface area contributed by atoms with Crippen molar-refractivity contribution in [2.24, 2.45) is 23.5 Å². The Morgan fingerprint density at radius 3 is 1.55 bits per heavy atom. The lowest BCUT2D eigenvalue weighted by atomic mass is 9.83. The molecule has 0 saturated carbocycles. The quantitative estimate of drug-likeness (QED) is 0.667. The van der Waals surface area contributed by atoms with Crippen LogP contribution in [-0.4, -0.2) is 6.04 Å². The first-order valence-corrected chi connectivity index (χ1v) is 4.70. The molecule has 2 N–H and O–H groups in total. The lowest BCUT2D eigenvalue weighted by Gasteiger charge is -2.26. The first kappa shape index (κ1) is 11.0. The van der Waals surface area contributed by atoms with Crippen molar-refractivity contribution in [3.05, 3.63) is 0 Å². The zero-order valence-electron chi connectivity index (χ0n) is 8.59. The van der Waals surface area contributed by atoms with Gasteiger partial charge in [0.15, 0.2) is 0 Å². The molecule has 0 saturated heterocycles. The molecular weight excluding hydrogens is 134 g/mol.